The van der Waals surface area contributed by atoms with E-state index in [-0.39, 0.29) is 25.8 Å². The van der Waals surface area contributed by atoms with Gasteiger partial charge in [-0.25, -0.2) is 4.79 Å². The maximum atomic E-state index is 11.2. The molecule has 104 valence electrons. The largest absolute Gasteiger partial charge is 0.463 e. The molecule has 0 fully saturated rings. The van der Waals surface area contributed by atoms with Crippen LogP contribution < -0.4 is 0 Å². The zero-order chi connectivity index (χ0) is 13.6. The maximum Gasteiger partial charge on any atom is 0.330 e. The normalized spacial score (nSPS) is 9.83. The van der Waals surface area contributed by atoms with Crippen molar-refractivity contribution in [2.45, 2.75) is 32.6 Å². The van der Waals surface area contributed by atoms with Crippen LogP contribution in [0, 0.1) is 0 Å². The number of unbranched alkanes of at least 4 members (excludes halogenated alkanes) is 2. The van der Waals surface area contributed by atoms with E-state index in [0.717, 1.165) is 25.3 Å². The van der Waals surface area contributed by atoms with Gasteiger partial charge in [0.25, 0.3) is 0 Å². The average Bonchev–Trinajstić information content (AvgIpc) is 2.37. The third-order valence-electron chi connectivity index (χ3n) is 2.11. The van der Waals surface area contributed by atoms with E-state index in [9.17, 15) is 9.59 Å². The number of carbonyl (C=O) groups excluding carboxylic acids is 2. The molecular formula is C13H22O5. The van der Waals surface area contributed by atoms with Gasteiger partial charge in [-0.15, -0.1) is 0 Å². The van der Waals surface area contributed by atoms with Crippen LogP contribution in [-0.4, -0.2) is 38.4 Å². The molecule has 0 aromatic rings. The first-order valence-corrected chi connectivity index (χ1v) is 6.23. The monoisotopic (exact) mass is 258 g/mol. The van der Waals surface area contributed by atoms with Crippen molar-refractivity contribution in [1.82, 2.24) is 0 Å². The second-order valence-corrected chi connectivity index (χ2v) is 3.66. The third kappa shape index (κ3) is 11.1. The number of hydrogen-bond acceptors (Lipinski definition) is 5. The van der Waals surface area contributed by atoms with Gasteiger partial charge >= 0.3 is 11.9 Å². The number of rotatable bonds is 11. The van der Waals surface area contributed by atoms with Crippen LogP contribution in [0.15, 0.2) is 12.7 Å². The van der Waals surface area contributed by atoms with Gasteiger partial charge in [-0.3, -0.25) is 4.79 Å². The number of hydrogen-bond donors (Lipinski definition) is 0. The third-order valence-corrected chi connectivity index (χ3v) is 2.11. The first-order chi connectivity index (χ1) is 8.70. The van der Waals surface area contributed by atoms with Crippen molar-refractivity contribution in [2.75, 3.05) is 26.4 Å². The highest BCUT2D eigenvalue weighted by Gasteiger charge is 2.01. The van der Waals surface area contributed by atoms with Crippen LogP contribution in [0.2, 0.25) is 0 Å². The molecule has 0 amide bonds. The van der Waals surface area contributed by atoms with Crippen LogP contribution in [0.25, 0.3) is 0 Å². The minimum Gasteiger partial charge on any atom is -0.463 e. The molecule has 0 aliphatic carbocycles. The lowest BCUT2D eigenvalue weighted by atomic mass is 10.2. The minimum absolute atomic E-state index is 0.176. The van der Waals surface area contributed by atoms with Crippen molar-refractivity contribution >= 4 is 11.9 Å². The first kappa shape index (κ1) is 16.6. The first-order valence-electron chi connectivity index (χ1n) is 6.23. The van der Waals surface area contributed by atoms with Gasteiger partial charge in [-0.05, 0) is 6.42 Å². The Morgan fingerprint density at radius 1 is 1.06 bits per heavy atom. The number of ether oxygens (including phenoxy) is 3. The molecule has 0 atom stereocenters. The molecule has 0 aliphatic heterocycles. The van der Waals surface area contributed by atoms with E-state index < -0.39 is 5.97 Å². The molecule has 0 radical (unpaired) electrons. The molecule has 5 heteroatoms. The lowest BCUT2D eigenvalue weighted by Crippen LogP contribution is -2.13. The lowest BCUT2D eigenvalue weighted by Gasteiger charge is -2.06. The van der Waals surface area contributed by atoms with E-state index >= 15 is 0 Å². The van der Waals surface area contributed by atoms with Gasteiger partial charge in [-0.1, -0.05) is 26.3 Å². The van der Waals surface area contributed by atoms with E-state index in [1.165, 1.54) is 0 Å². The van der Waals surface area contributed by atoms with Crippen LogP contribution in [0.4, 0.5) is 0 Å². The van der Waals surface area contributed by atoms with E-state index in [4.69, 9.17) is 14.2 Å². The molecule has 18 heavy (non-hydrogen) atoms. The summed E-state index contributed by atoms with van der Waals surface area (Å²) in [6.45, 7) is 6.36. The van der Waals surface area contributed by atoms with Gasteiger partial charge in [0, 0.05) is 12.5 Å². The molecule has 0 rings (SSSR count). The predicted molar refractivity (Wildman–Crippen MR) is 67.1 cm³/mol. The fourth-order valence-electron chi connectivity index (χ4n) is 1.17. The van der Waals surface area contributed by atoms with Crippen LogP contribution in [-0.2, 0) is 23.8 Å². The summed E-state index contributed by atoms with van der Waals surface area (Å²) in [5, 5.41) is 0. The minimum atomic E-state index is -0.471. The van der Waals surface area contributed by atoms with E-state index in [2.05, 4.69) is 13.5 Å². The van der Waals surface area contributed by atoms with Gasteiger partial charge in [0.2, 0.25) is 0 Å². The molecule has 0 saturated heterocycles. The summed E-state index contributed by atoms with van der Waals surface area (Å²) in [4.78, 5) is 21.8. The highest BCUT2D eigenvalue weighted by atomic mass is 16.6. The quantitative estimate of drug-likeness (QED) is 0.321. The molecule has 0 unspecified atom stereocenters. The van der Waals surface area contributed by atoms with Crippen molar-refractivity contribution in [3.8, 4) is 0 Å². The second kappa shape index (κ2) is 12.1. The van der Waals surface area contributed by atoms with Gasteiger partial charge < -0.3 is 14.2 Å². The Kier molecular flexibility index (Phi) is 11.2. The molecule has 0 N–H and O–H groups in total. The van der Waals surface area contributed by atoms with E-state index in [1.54, 1.807) is 0 Å². The Balaban J connectivity index is 3.22. The van der Waals surface area contributed by atoms with Gasteiger partial charge in [-0.2, -0.15) is 0 Å². The number of carbonyl (C=O) groups is 2. The highest BCUT2D eigenvalue weighted by Crippen LogP contribution is 2.00. The van der Waals surface area contributed by atoms with E-state index in [1.807, 2.05) is 0 Å². The Bertz CT molecular complexity index is 250. The number of esters is 2. The Morgan fingerprint density at radius 2 is 1.72 bits per heavy atom. The zero-order valence-electron chi connectivity index (χ0n) is 11.0. The SMILES string of the molecule is C=CC(=O)OCCOCCOC(=O)CCCCC. The molecule has 0 heterocycles. The Labute approximate surface area is 108 Å². The fourth-order valence-corrected chi connectivity index (χ4v) is 1.17. The smallest absolute Gasteiger partial charge is 0.330 e. The molecule has 5 nitrogen and oxygen atoms in total. The van der Waals surface area contributed by atoms with Crippen molar-refractivity contribution in [3.05, 3.63) is 12.7 Å². The molecule has 0 aromatic heterocycles. The van der Waals surface area contributed by atoms with Crippen LogP contribution in [0.5, 0.6) is 0 Å². The van der Waals surface area contributed by atoms with Gasteiger partial charge in [0.1, 0.15) is 13.2 Å². The average molecular weight is 258 g/mol. The highest BCUT2D eigenvalue weighted by molar-refractivity contribution is 5.81. The van der Waals surface area contributed by atoms with Crippen LogP contribution in [0.3, 0.4) is 0 Å². The lowest BCUT2D eigenvalue weighted by molar-refractivity contribution is -0.145. The van der Waals surface area contributed by atoms with Gasteiger partial charge in [0.05, 0.1) is 13.2 Å². The summed E-state index contributed by atoms with van der Waals surface area (Å²) >= 11 is 0. The molecular weight excluding hydrogens is 236 g/mol. The molecule has 0 bridgehead atoms. The van der Waals surface area contributed by atoms with Gasteiger partial charge in [0.15, 0.2) is 0 Å². The summed E-state index contributed by atoms with van der Waals surface area (Å²) in [7, 11) is 0. The van der Waals surface area contributed by atoms with Crippen molar-refractivity contribution in [3.63, 3.8) is 0 Å². The summed E-state index contributed by atoms with van der Waals surface area (Å²) in [5.74, 6) is -0.661. The van der Waals surface area contributed by atoms with Crippen LogP contribution in [0.1, 0.15) is 32.6 Å². The standard InChI is InChI=1S/C13H22O5/c1-3-5-6-7-13(15)18-11-9-16-8-10-17-12(14)4-2/h4H,2-3,5-11H2,1H3. The fraction of sp³-hybridized carbons (Fsp3) is 0.692. The summed E-state index contributed by atoms with van der Waals surface area (Å²) in [6.07, 6.45) is 4.55. The van der Waals surface area contributed by atoms with Crippen molar-refractivity contribution in [2.24, 2.45) is 0 Å². The maximum absolute atomic E-state index is 11.2. The molecule has 0 spiro atoms. The Morgan fingerprint density at radius 3 is 2.33 bits per heavy atom. The molecule has 0 aliphatic rings. The Hall–Kier alpha value is -1.36. The summed E-state index contributed by atoms with van der Waals surface area (Å²) in [5.41, 5.74) is 0. The van der Waals surface area contributed by atoms with Crippen LogP contribution >= 0.6 is 0 Å². The topological polar surface area (TPSA) is 61.8 Å². The zero-order valence-corrected chi connectivity index (χ0v) is 11.0. The molecule has 0 aromatic carbocycles. The van der Waals surface area contributed by atoms with Crippen molar-refractivity contribution < 1.29 is 23.8 Å². The molecule has 0 saturated carbocycles. The van der Waals surface area contributed by atoms with E-state index in [0.29, 0.717) is 13.0 Å². The predicted octanol–water partition coefficient (Wildman–Crippen LogP) is 1.86. The second-order valence-electron chi connectivity index (χ2n) is 3.66. The summed E-state index contributed by atoms with van der Waals surface area (Å²) < 4.78 is 14.8. The summed E-state index contributed by atoms with van der Waals surface area (Å²) in [6, 6.07) is 0. The van der Waals surface area contributed by atoms with Crippen molar-refractivity contribution in [1.29, 1.82) is 0 Å².